The lowest BCUT2D eigenvalue weighted by molar-refractivity contribution is 0.521. The largest absolute Gasteiger partial charge is 0.306 e. The Balaban J connectivity index is 2.55. The van der Waals surface area contributed by atoms with Crippen LogP contribution in [-0.2, 0) is 0 Å². The molecule has 2 aromatic rings. The van der Waals surface area contributed by atoms with Crippen molar-refractivity contribution in [3.63, 3.8) is 0 Å². The van der Waals surface area contributed by atoms with E-state index in [0.717, 1.165) is 12.1 Å². The van der Waals surface area contributed by atoms with E-state index < -0.39 is 23.5 Å². The SMILES string of the molecule is CCNC(c1ccc(F)cc1F)c1cc(Cl)c(Br)cc1F. The van der Waals surface area contributed by atoms with E-state index in [1.807, 2.05) is 6.92 Å². The molecule has 0 radical (unpaired) electrons. The standard InChI is InChI=1S/C15H12BrClF3N/c1-2-21-15(9-4-3-8(18)5-13(9)19)10-6-12(17)11(16)7-14(10)20/h3-7,15,21H,2H2,1H3. The van der Waals surface area contributed by atoms with Gasteiger partial charge in [-0.3, -0.25) is 0 Å². The molecule has 2 rings (SSSR count). The lowest BCUT2D eigenvalue weighted by atomic mass is 9.97. The van der Waals surface area contributed by atoms with Crippen LogP contribution >= 0.6 is 27.5 Å². The van der Waals surface area contributed by atoms with Crippen LogP contribution < -0.4 is 5.32 Å². The van der Waals surface area contributed by atoms with Crippen LogP contribution in [0, 0.1) is 17.5 Å². The van der Waals surface area contributed by atoms with Crippen LogP contribution in [0.5, 0.6) is 0 Å². The zero-order valence-corrected chi connectivity index (χ0v) is 13.4. The van der Waals surface area contributed by atoms with Crippen molar-refractivity contribution in [2.75, 3.05) is 6.54 Å². The first-order valence-corrected chi connectivity index (χ1v) is 7.44. The van der Waals surface area contributed by atoms with Crippen molar-refractivity contribution in [2.24, 2.45) is 0 Å². The van der Waals surface area contributed by atoms with Crippen LogP contribution in [0.25, 0.3) is 0 Å². The number of benzene rings is 2. The van der Waals surface area contributed by atoms with Gasteiger partial charge >= 0.3 is 0 Å². The molecule has 0 heterocycles. The van der Waals surface area contributed by atoms with E-state index in [9.17, 15) is 13.2 Å². The van der Waals surface area contributed by atoms with Crippen molar-refractivity contribution in [2.45, 2.75) is 13.0 Å². The molecule has 1 atom stereocenters. The first kappa shape index (κ1) is 16.3. The molecular weight excluding hydrogens is 367 g/mol. The van der Waals surface area contributed by atoms with E-state index in [-0.39, 0.29) is 11.1 Å². The summed E-state index contributed by atoms with van der Waals surface area (Å²) in [4.78, 5) is 0. The van der Waals surface area contributed by atoms with E-state index in [1.165, 1.54) is 18.2 Å². The maximum atomic E-state index is 14.2. The van der Waals surface area contributed by atoms with Gasteiger partial charge in [-0.2, -0.15) is 0 Å². The molecular formula is C15H12BrClF3N. The molecule has 0 saturated heterocycles. The summed E-state index contributed by atoms with van der Waals surface area (Å²) in [5.74, 6) is -1.94. The highest BCUT2D eigenvalue weighted by molar-refractivity contribution is 9.10. The van der Waals surface area contributed by atoms with Crippen LogP contribution in [0.4, 0.5) is 13.2 Å². The minimum atomic E-state index is -0.749. The van der Waals surface area contributed by atoms with Gasteiger partial charge in [-0.25, -0.2) is 13.2 Å². The van der Waals surface area contributed by atoms with Crippen molar-refractivity contribution in [3.8, 4) is 0 Å². The van der Waals surface area contributed by atoms with Gasteiger partial charge in [0.25, 0.3) is 0 Å². The average molecular weight is 379 g/mol. The second-order valence-electron chi connectivity index (χ2n) is 4.44. The predicted molar refractivity (Wildman–Crippen MR) is 81.0 cm³/mol. The Kier molecular flexibility index (Phi) is 5.30. The Hall–Kier alpha value is -1.04. The molecule has 0 aliphatic heterocycles. The van der Waals surface area contributed by atoms with E-state index in [4.69, 9.17) is 11.6 Å². The fourth-order valence-electron chi connectivity index (χ4n) is 2.09. The van der Waals surface area contributed by atoms with Crippen molar-refractivity contribution in [3.05, 3.63) is 68.4 Å². The molecule has 0 fully saturated rings. The van der Waals surface area contributed by atoms with Gasteiger partial charge in [-0.15, -0.1) is 0 Å². The van der Waals surface area contributed by atoms with Crippen molar-refractivity contribution in [1.29, 1.82) is 0 Å². The number of rotatable bonds is 4. The van der Waals surface area contributed by atoms with Crippen LogP contribution in [0.1, 0.15) is 24.1 Å². The first-order valence-electron chi connectivity index (χ1n) is 6.26. The third kappa shape index (κ3) is 3.59. The van der Waals surface area contributed by atoms with Gasteiger partial charge in [0.1, 0.15) is 17.5 Å². The topological polar surface area (TPSA) is 12.0 Å². The zero-order chi connectivity index (χ0) is 15.6. The zero-order valence-electron chi connectivity index (χ0n) is 11.1. The molecule has 112 valence electrons. The second kappa shape index (κ2) is 6.81. The molecule has 0 spiro atoms. The maximum absolute atomic E-state index is 14.2. The number of hydrogen-bond acceptors (Lipinski definition) is 1. The summed E-state index contributed by atoms with van der Waals surface area (Å²) in [6, 6.07) is 5.12. The van der Waals surface area contributed by atoms with Crippen LogP contribution in [0.15, 0.2) is 34.8 Å². The van der Waals surface area contributed by atoms with Gasteiger partial charge in [-0.05, 0) is 40.7 Å². The first-order chi connectivity index (χ1) is 9.93. The summed E-state index contributed by atoms with van der Waals surface area (Å²) in [7, 11) is 0. The van der Waals surface area contributed by atoms with Crippen LogP contribution in [0.3, 0.4) is 0 Å². The summed E-state index contributed by atoms with van der Waals surface area (Å²) >= 11 is 9.12. The fourth-order valence-corrected chi connectivity index (χ4v) is 2.57. The Bertz CT molecular complexity index is 664. The van der Waals surface area contributed by atoms with E-state index in [1.54, 1.807) is 0 Å². The van der Waals surface area contributed by atoms with E-state index in [0.29, 0.717) is 16.0 Å². The minimum Gasteiger partial charge on any atom is -0.306 e. The molecule has 0 aliphatic rings. The molecule has 0 amide bonds. The summed E-state index contributed by atoms with van der Waals surface area (Å²) in [5, 5.41) is 3.30. The third-order valence-electron chi connectivity index (χ3n) is 3.03. The van der Waals surface area contributed by atoms with E-state index >= 15 is 0 Å². The highest BCUT2D eigenvalue weighted by Gasteiger charge is 2.22. The molecule has 21 heavy (non-hydrogen) atoms. The molecule has 1 nitrogen and oxygen atoms in total. The molecule has 1 N–H and O–H groups in total. The van der Waals surface area contributed by atoms with Crippen molar-refractivity contribution < 1.29 is 13.2 Å². The summed E-state index contributed by atoms with van der Waals surface area (Å²) in [5.41, 5.74) is 0.367. The maximum Gasteiger partial charge on any atom is 0.131 e. The number of halogens is 5. The summed E-state index contributed by atoms with van der Waals surface area (Å²) in [6.07, 6.45) is 0. The normalized spacial score (nSPS) is 12.5. The lowest BCUT2D eigenvalue weighted by Crippen LogP contribution is -2.24. The Morgan fingerprint density at radius 1 is 1.10 bits per heavy atom. The molecule has 0 aromatic heterocycles. The number of hydrogen-bond donors (Lipinski definition) is 1. The molecule has 6 heteroatoms. The highest BCUT2D eigenvalue weighted by atomic mass is 79.9. The summed E-state index contributed by atoms with van der Waals surface area (Å²) < 4.78 is 41.6. The average Bonchev–Trinajstić information content (AvgIpc) is 2.41. The molecule has 0 aliphatic carbocycles. The Morgan fingerprint density at radius 2 is 1.76 bits per heavy atom. The number of nitrogens with one attached hydrogen (secondary N) is 1. The minimum absolute atomic E-state index is 0.163. The van der Waals surface area contributed by atoms with Gasteiger partial charge < -0.3 is 5.32 Å². The van der Waals surface area contributed by atoms with Crippen LogP contribution in [0.2, 0.25) is 5.02 Å². The molecule has 0 saturated carbocycles. The van der Waals surface area contributed by atoms with Gasteiger partial charge in [0, 0.05) is 21.7 Å². The predicted octanol–water partition coefficient (Wildman–Crippen LogP) is 5.22. The third-order valence-corrected chi connectivity index (χ3v) is 4.23. The quantitative estimate of drug-likeness (QED) is 0.719. The van der Waals surface area contributed by atoms with Gasteiger partial charge in [0.05, 0.1) is 11.1 Å². The molecule has 2 aromatic carbocycles. The van der Waals surface area contributed by atoms with Gasteiger partial charge in [-0.1, -0.05) is 24.6 Å². The molecule has 0 bridgehead atoms. The molecule has 1 unspecified atom stereocenters. The van der Waals surface area contributed by atoms with E-state index in [2.05, 4.69) is 21.2 Å². The Labute approximate surface area is 134 Å². The van der Waals surface area contributed by atoms with Crippen molar-refractivity contribution >= 4 is 27.5 Å². The van der Waals surface area contributed by atoms with Crippen molar-refractivity contribution in [1.82, 2.24) is 5.32 Å². The monoisotopic (exact) mass is 377 g/mol. The smallest absolute Gasteiger partial charge is 0.131 e. The lowest BCUT2D eigenvalue weighted by Gasteiger charge is -2.20. The van der Waals surface area contributed by atoms with Crippen LogP contribution in [-0.4, -0.2) is 6.54 Å². The fraction of sp³-hybridized carbons (Fsp3) is 0.200. The summed E-state index contributed by atoms with van der Waals surface area (Å²) in [6.45, 7) is 2.29. The highest BCUT2D eigenvalue weighted by Crippen LogP contribution is 2.32. The van der Waals surface area contributed by atoms with Gasteiger partial charge in [0.15, 0.2) is 0 Å². The Morgan fingerprint density at radius 3 is 2.38 bits per heavy atom. The second-order valence-corrected chi connectivity index (χ2v) is 5.71. The van der Waals surface area contributed by atoms with Gasteiger partial charge in [0.2, 0.25) is 0 Å².